The minimum atomic E-state index is 0.0833. The van der Waals surface area contributed by atoms with E-state index in [0.29, 0.717) is 0 Å². The van der Waals surface area contributed by atoms with Crippen molar-refractivity contribution in [1.29, 1.82) is 0 Å². The second-order valence-electron chi connectivity index (χ2n) is 0.213. The second-order valence-corrected chi connectivity index (χ2v) is 0.213. The van der Waals surface area contributed by atoms with Gasteiger partial charge in [-0.3, -0.25) is 0 Å². The molecule has 0 saturated heterocycles. The van der Waals surface area contributed by atoms with E-state index in [1.54, 1.807) is 5.12 Å². The molecule has 2 nitrogen and oxygen atoms in total. The summed E-state index contributed by atoms with van der Waals surface area (Å²) >= 11 is 0. The Hall–Kier alpha value is -0.405. The van der Waals surface area contributed by atoms with Gasteiger partial charge in [0.05, 0.1) is 7.27 Å². The third-order valence-corrected chi connectivity index (χ3v) is 0.0436. The van der Waals surface area contributed by atoms with Crippen LogP contribution in [0.2, 0.25) is 0 Å². The van der Waals surface area contributed by atoms with E-state index in [1.165, 1.54) is 0 Å². The van der Waals surface area contributed by atoms with Crippen molar-refractivity contribution >= 4 is 7.27 Å². The van der Waals surface area contributed by atoms with Gasteiger partial charge in [0.2, 0.25) is 0 Å². The van der Waals surface area contributed by atoms with E-state index >= 15 is 0 Å². The van der Waals surface area contributed by atoms with Crippen LogP contribution >= 0.6 is 0 Å². The molecule has 0 heterocycles. The Morgan fingerprint density at radius 3 is 2.25 bits per heavy atom. The summed E-state index contributed by atoms with van der Waals surface area (Å²) in [4.78, 5) is 0. The predicted octanol–water partition coefficient (Wildman–Crippen LogP) is -0.334. The number of hydrogen-bond donors (Lipinski definition) is 1. The van der Waals surface area contributed by atoms with Crippen LogP contribution in [0.4, 0.5) is 4.48 Å². The minimum Gasteiger partial charge on any atom is -0.770 e. The summed E-state index contributed by atoms with van der Waals surface area (Å²) in [5.41, 5.74) is 0. The van der Waals surface area contributed by atoms with E-state index in [2.05, 4.69) is 0 Å². The molecule has 23 valence electrons. The fourth-order valence-electron chi connectivity index (χ4n) is 0. The number of hydrogen-bond acceptors (Lipinski definition) is 1. The maximum absolute atomic E-state index is 10.0. The van der Waals surface area contributed by atoms with E-state index in [4.69, 9.17) is 5.02 Å². The Bertz CT molecular complexity index is 23.2. The first-order valence-electron chi connectivity index (χ1n) is 0.685. The van der Waals surface area contributed by atoms with E-state index in [9.17, 15) is 4.48 Å². The van der Waals surface area contributed by atoms with Crippen LogP contribution in [-0.4, -0.2) is 12.3 Å². The predicted molar refractivity (Wildman–Crippen MR) is 11.5 cm³/mol. The molecule has 0 atom stereocenters. The van der Waals surface area contributed by atoms with Crippen LogP contribution in [0.5, 0.6) is 0 Å². The lowest BCUT2D eigenvalue weighted by Gasteiger charge is -1.71. The van der Waals surface area contributed by atoms with Crippen LogP contribution in [0.25, 0.3) is 0 Å². The smallest absolute Gasteiger partial charge is 0.0523 e. The summed E-state index contributed by atoms with van der Waals surface area (Å²) in [6.07, 6.45) is 0. The fourth-order valence-corrected chi connectivity index (χ4v) is 0. The third-order valence-electron chi connectivity index (χ3n) is 0.0436. The van der Waals surface area contributed by atoms with Crippen molar-refractivity contribution in [2.45, 2.75) is 0 Å². The lowest BCUT2D eigenvalue weighted by atomic mass is 10.5. The van der Waals surface area contributed by atoms with Crippen molar-refractivity contribution < 1.29 is 9.51 Å². The molecule has 0 aromatic rings. The zero-order chi connectivity index (χ0) is 3.41. The Morgan fingerprint density at radius 2 is 2.25 bits per heavy atom. The molecule has 0 bridgehead atoms. The Kier molecular flexibility index (Phi) is 2.33. The van der Waals surface area contributed by atoms with E-state index in [0.717, 1.165) is 0 Å². The SMILES string of the molecule is O[B-]=NF. The lowest BCUT2D eigenvalue weighted by molar-refractivity contribution is 0.510. The zero-order valence-corrected chi connectivity index (χ0v) is 1.85. The largest absolute Gasteiger partial charge is 0.770 e. The molecular formula is HBFNO-. The van der Waals surface area contributed by atoms with Gasteiger partial charge in [0.1, 0.15) is 0 Å². The monoisotopic (exact) mass is 61.0 g/mol. The Labute approximate surface area is 23.2 Å². The molecule has 0 rings (SSSR count). The number of halogens is 1. The fraction of sp³-hybridized carbons (Fsp3) is 0. The highest BCUT2D eigenvalue weighted by atomic mass is 19.2. The highest BCUT2D eigenvalue weighted by molar-refractivity contribution is 6.09. The molecule has 0 aliphatic heterocycles. The maximum atomic E-state index is 10.0. The van der Waals surface area contributed by atoms with Gasteiger partial charge >= 0.3 is 0 Å². The van der Waals surface area contributed by atoms with Crippen molar-refractivity contribution in [3.63, 3.8) is 0 Å². The third kappa shape index (κ3) is 1.59. The van der Waals surface area contributed by atoms with Gasteiger partial charge in [-0.15, -0.1) is 4.48 Å². The zero-order valence-electron chi connectivity index (χ0n) is 1.85. The van der Waals surface area contributed by atoms with Crippen molar-refractivity contribution in [3.8, 4) is 0 Å². The molecule has 0 saturated carbocycles. The molecule has 0 aromatic heterocycles. The van der Waals surface area contributed by atoms with Gasteiger partial charge in [-0.2, -0.15) is 0 Å². The molecule has 0 spiro atoms. The number of nitrogens with zero attached hydrogens (tertiary/aromatic N) is 1. The van der Waals surface area contributed by atoms with Gasteiger partial charge in [0.25, 0.3) is 0 Å². The number of rotatable bonds is 0. The summed E-state index contributed by atoms with van der Waals surface area (Å²) in [5, 5.41) is 8.88. The van der Waals surface area contributed by atoms with Gasteiger partial charge in [0.15, 0.2) is 0 Å². The molecular weight excluding hydrogens is 59.8 g/mol. The van der Waals surface area contributed by atoms with Gasteiger partial charge in [-0.25, -0.2) is 0 Å². The van der Waals surface area contributed by atoms with Gasteiger partial charge in [-0.1, -0.05) is 0 Å². The normalized spacial score (nSPS) is 9.25. The summed E-state index contributed by atoms with van der Waals surface area (Å²) in [5.74, 6) is 0. The molecule has 4 heavy (non-hydrogen) atoms. The van der Waals surface area contributed by atoms with Crippen LogP contribution in [0.15, 0.2) is 5.12 Å². The van der Waals surface area contributed by atoms with Crippen LogP contribution in [-0.2, 0) is 0 Å². The Balaban J connectivity index is 2.55. The van der Waals surface area contributed by atoms with Gasteiger partial charge in [0, 0.05) is 0 Å². The van der Waals surface area contributed by atoms with E-state index in [1.807, 2.05) is 0 Å². The molecule has 1 N–H and O–H groups in total. The average molecular weight is 60.8 g/mol. The molecule has 0 aliphatic rings. The van der Waals surface area contributed by atoms with Gasteiger partial charge in [-0.05, 0) is 0 Å². The van der Waals surface area contributed by atoms with Crippen LogP contribution in [0, 0.1) is 0 Å². The van der Waals surface area contributed by atoms with Crippen molar-refractivity contribution in [2.75, 3.05) is 0 Å². The van der Waals surface area contributed by atoms with Gasteiger partial charge < -0.3 is 10.1 Å². The quantitative estimate of drug-likeness (QED) is 0.382. The highest BCUT2D eigenvalue weighted by Crippen LogP contribution is 1.50. The minimum absolute atomic E-state index is 0.0833. The van der Waals surface area contributed by atoms with Crippen molar-refractivity contribution in [2.24, 2.45) is 5.12 Å². The van der Waals surface area contributed by atoms with Crippen molar-refractivity contribution in [1.82, 2.24) is 0 Å². The summed E-state index contributed by atoms with van der Waals surface area (Å²) in [7, 11) is 0.0833. The molecule has 1 radical (unpaired) electrons. The molecule has 0 aliphatic carbocycles. The van der Waals surface area contributed by atoms with Crippen LogP contribution in [0.3, 0.4) is 0 Å². The van der Waals surface area contributed by atoms with Crippen LogP contribution in [0.1, 0.15) is 0 Å². The van der Waals surface area contributed by atoms with Crippen LogP contribution < -0.4 is 0 Å². The van der Waals surface area contributed by atoms with Crippen molar-refractivity contribution in [3.05, 3.63) is 0 Å². The molecule has 0 amide bonds. The summed E-state index contributed by atoms with van der Waals surface area (Å²) < 4.78 is 10.0. The lowest BCUT2D eigenvalue weighted by Crippen LogP contribution is -1.57. The summed E-state index contributed by atoms with van der Waals surface area (Å²) in [6, 6.07) is 0. The van der Waals surface area contributed by atoms with E-state index in [-0.39, 0.29) is 7.27 Å². The Morgan fingerprint density at radius 1 is 2.00 bits per heavy atom. The summed E-state index contributed by atoms with van der Waals surface area (Å²) in [6.45, 7) is 0. The average Bonchev–Trinajstić information content (AvgIpc) is 1.37. The highest BCUT2D eigenvalue weighted by Gasteiger charge is 1.19. The standard InChI is InChI=1S/BFHNO/c2-3-1-4/h4H/q-1. The first kappa shape index (κ1) is 3.59. The molecule has 0 fully saturated rings. The molecule has 4 heteroatoms. The first-order valence-corrected chi connectivity index (χ1v) is 0.685. The molecule has 0 unspecified atom stereocenters. The topological polar surface area (TPSA) is 32.6 Å². The maximum Gasteiger partial charge on any atom is 0.0523 e. The first-order chi connectivity index (χ1) is 1.91. The van der Waals surface area contributed by atoms with E-state index < -0.39 is 0 Å². The molecule has 0 aromatic carbocycles. The second kappa shape index (κ2) is 2.59.